The number of hydrogen-bond acceptors (Lipinski definition) is 3. The molecule has 3 nitrogen and oxygen atoms in total. The van der Waals surface area contributed by atoms with E-state index in [2.05, 4.69) is 34.5 Å². The number of aliphatic hydroxyl groups is 1. The molecular formula is C18H22N2O. The number of anilines is 1. The van der Waals surface area contributed by atoms with Gasteiger partial charge in [0.05, 0.1) is 6.54 Å². The smallest absolute Gasteiger partial charge is 0.104 e. The summed E-state index contributed by atoms with van der Waals surface area (Å²) in [6.07, 6.45) is 0. The summed E-state index contributed by atoms with van der Waals surface area (Å²) in [5, 5.41) is 14.3. The fourth-order valence-corrected chi connectivity index (χ4v) is 2.95. The van der Waals surface area contributed by atoms with Crippen molar-refractivity contribution in [3.8, 4) is 0 Å². The highest BCUT2D eigenvalue weighted by Gasteiger charge is 2.27. The van der Waals surface area contributed by atoms with Gasteiger partial charge in [0.15, 0.2) is 0 Å². The summed E-state index contributed by atoms with van der Waals surface area (Å²) in [4.78, 5) is 2.28. The monoisotopic (exact) mass is 282 g/mol. The van der Waals surface area contributed by atoms with Crippen LogP contribution >= 0.6 is 0 Å². The molecule has 1 aliphatic heterocycles. The Hall–Kier alpha value is -1.84. The molecule has 1 unspecified atom stereocenters. The molecule has 3 rings (SSSR count). The van der Waals surface area contributed by atoms with Gasteiger partial charge in [-0.25, -0.2) is 0 Å². The lowest BCUT2D eigenvalue weighted by atomic mass is 9.95. The van der Waals surface area contributed by atoms with Crippen molar-refractivity contribution >= 4 is 5.69 Å². The highest BCUT2D eigenvalue weighted by molar-refractivity contribution is 5.55. The number of fused-ring (bicyclic) bond motifs is 1. The number of β-amino-alcohol motifs (C(OH)–C–C–N with tert-alkyl or cyclic N) is 1. The van der Waals surface area contributed by atoms with E-state index >= 15 is 0 Å². The molecule has 2 N–H and O–H groups in total. The van der Waals surface area contributed by atoms with E-state index in [1.165, 1.54) is 11.3 Å². The Morgan fingerprint density at radius 1 is 1.10 bits per heavy atom. The molecule has 0 spiro atoms. The third-order valence-electron chi connectivity index (χ3n) is 4.10. The third-order valence-corrected chi connectivity index (χ3v) is 4.10. The Kier molecular flexibility index (Phi) is 3.95. The van der Waals surface area contributed by atoms with Gasteiger partial charge in [0, 0.05) is 25.3 Å². The molecular weight excluding hydrogens is 260 g/mol. The van der Waals surface area contributed by atoms with Gasteiger partial charge < -0.3 is 15.3 Å². The lowest BCUT2D eigenvalue weighted by Crippen LogP contribution is -2.41. The Morgan fingerprint density at radius 3 is 2.62 bits per heavy atom. The maximum absolute atomic E-state index is 10.9. The predicted octanol–water partition coefficient (Wildman–Crippen LogP) is 2.50. The molecule has 1 aliphatic rings. The van der Waals surface area contributed by atoms with Crippen LogP contribution in [0.1, 0.15) is 18.1 Å². The molecule has 21 heavy (non-hydrogen) atoms. The first-order valence-corrected chi connectivity index (χ1v) is 7.48. The maximum Gasteiger partial charge on any atom is 0.104 e. The molecule has 0 saturated carbocycles. The summed E-state index contributed by atoms with van der Waals surface area (Å²) in [7, 11) is 0. The number of para-hydroxylation sites is 1. The molecule has 0 fully saturated rings. The first-order valence-electron chi connectivity index (χ1n) is 7.48. The normalized spacial score (nSPS) is 17.7. The van der Waals surface area contributed by atoms with Gasteiger partial charge in [-0.2, -0.15) is 0 Å². The van der Waals surface area contributed by atoms with Gasteiger partial charge in [-0.1, -0.05) is 48.5 Å². The van der Waals surface area contributed by atoms with E-state index in [-0.39, 0.29) is 0 Å². The molecule has 0 bridgehead atoms. The largest absolute Gasteiger partial charge is 0.384 e. The van der Waals surface area contributed by atoms with E-state index in [1.807, 2.05) is 37.3 Å². The van der Waals surface area contributed by atoms with E-state index in [4.69, 9.17) is 0 Å². The van der Waals surface area contributed by atoms with E-state index in [0.29, 0.717) is 6.54 Å². The lowest BCUT2D eigenvalue weighted by Gasteiger charge is -2.33. The molecule has 0 aromatic heterocycles. The van der Waals surface area contributed by atoms with E-state index in [0.717, 1.165) is 25.2 Å². The standard InChI is InChI=1S/C18H22N2O/c1-18(21,16-8-3-2-4-9-16)14-20-12-11-19-13-15-7-5-6-10-17(15)20/h2-10,19,21H,11-14H2,1H3. The minimum absolute atomic E-state index is 0.593. The molecule has 0 aliphatic carbocycles. The number of nitrogens with one attached hydrogen (secondary N) is 1. The molecule has 1 atom stereocenters. The first kappa shape index (κ1) is 14.1. The van der Waals surface area contributed by atoms with Crippen LogP contribution in [0, 0.1) is 0 Å². The number of benzene rings is 2. The SMILES string of the molecule is CC(O)(CN1CCNCc2ccccc21)c1ccccc1. The fourth-order valence-electron chi connectivity index (χ4n) is 2.95. The summed E-state index contributed by atoms with van der Waals surface area (Å²) in [6, 6.07) is 18.3. The lowest BCUT2D eigenvalue weighted by molar-refractivity contribution is 0.0645. The zero-order valence-corrected chi connectivity index (χ0v) is 12.4. The molecule has 2 aromatic rings. The predicted molar refractivity (Wildman–Crippen MR) is 86.4 cm³/mol. The Labute approximate surface area is 126 Å². The average molecular weight is 282 g/mol. The second-order valence-electron chi connectivity index (χ2n) is 5.87. The van der Waals surface area contributed by atoms with E-state index in [1.54, 1.807) is 0 Å². The highest BCUT2D eigenvalue weighted by atomic mass is 16.3. The van der Waals surface area contributed by atoms with Crippen LogP contribution in [0.15, 0.2) is 54.6 Å². The van der Waals surface area contributed by atoms with E-state index in [9.17, 15) is 5.11 Å². The minimum Gasteiger partial charge on any atom is -0.384 e. The zero-order chi connectivity index (χ0) is 14.7. The topological polar surface area (TPSA) is 35.5 Å². The summed E-state index contributed by atoms with van der Waals surface area (Å²) >= 11 is 0. The minimum atomic E-state index is -0.862. The van der Waals surface area contributed by atoms with Crippen LogP contribution in [0.3, 0.4) is 0 Å². The van der Waals surface area contributed by atoms with Crippen molar-refractivity contribution in [3.05, 3.63) is 65.7 Å². The summed E-state index contributed by atoms with van der Waals surface area (Å²) in [5.74, 6) is 0. The van der Waals surface area contributed by atoms with Crippen molar-refractivity contribution in [2.24, 2.45) is 0 Å². The zero-order valence-electron chi connectivity index (χ0n) is 12.4. The Morgan fingerprint density at radius 2 is 1.81 bits per heavy atom. The molecule has 0 saturated heterocycles. The van der Waals surface area contributed by atoms with Crippen LogP contribution in [0.5, 0.6) is 0 Å². The van der Waals surface area contributed by atoms with Gasteiger partial charge in [-0.3, -0.25) is 0 Å². The van der Waals surface area contributed by atoms with Crippen LogP contribution in [0.2, 0.25) is 0 Å². The quantitative estimate of drug-likeness (QED) is 0.908. The van der Waals surface area contributed by atoms with Crippen LogP contribution in [0.25, 0.3) is 0 Å². The van der Waals surface area contributed by atoms with Gasteiger partial charge in [0.2, 0.25) is 0 Å². The molecule has 1 heterocycles. The highest BCUT2D eigenvalue weighted by Crippen LogP contribution is 2.27. The summed E-state index contributed by atoms with van der Waals surface area (Å²) < 4.78 is 0. The molecule has 3 heteroatoms. The van der Waals surface area contributed by atoms with E-state index < -0.39 is 5.60 Å². The van der Waals surface area contributed by atoms with Gasteiger partial charge in [-0.05, 0) is 24.1 Å². The first-order chi connectivity index (χ1) is 10.2. The van der Waals surface area contributed by atoms with Crippen molar-refractivity contribution in [3.63, 3.8) is 0 Å². The van der Waals surface area contributed by atoms with Gasteiger partial charge in [0.1, 0.15) is 5.60 Å². The van der Waals surface area contributed by atoms with Crippen molar-refractivity contribution < 1.29 is 5.11 Å². The fraction of sp³-hybridized carbons (Fsp3) is 0.333. The van der Waals surface area contributed by atoms with Gasteiger partial charge in [-0.15, -0.1) is 0 Å². The summed E-state index contributed by atoms with van der Waals surface area (Å²) in [5.41, 5.74) is 2.61. The number of nitrogens with zero attached hydrogens (tertiary/aromatic N) is 1. The second kappa shape index (κ2) is 5.88. The number of rotatable bonds is 3. The summed E-state index contributed by atoms with van der Waals surface area (Å²) in [6.45, 7) is 5.21. The van der Waals surface area contributed by atoms with Crippen LogP contribution in [-0.2, 0) is 12.1 Å². The number of hydrogen-bond donors (Lipinski definition) is 2. The molecule has 0 amide bonds. The van der Waals surface area contributed by atoms with Crippen molar-refractivity contribution in [2.75, 3.05) is 24.5 Å². The van der Waals surface area contributed by atoms with Gasteiger partial charge >= 0.3 is 0 Å². The average Bonchev–Trinajstić information content (AvgIpc) is 2.71. The molecule has 110 valence electrons. The van der Waals surface area contributed by atoms with Crippen LogP contribution in [0.4, 0.5) is 5.69 Å². The van der Waals surface area contributed by atoms with Crippen molar-refractivity contribution in [1.82, 2.24) is 5.32 Å². The molecule has 2 aromatic carbocycles. The second-order valence-corrected chi connectivity index (χ2v) is 5.87. The molecule has 0 radical (unpaired) electrons. The Balaban J connectivity index is 1.87. The third kappa shape index (κ3) is 3.09. The Bertz CT molecular complexity index is 595. The maximum atomic E-state index is 10.9. The van der Waals surface area contributed by atoms with Crippen molar-refractivity contribution in [2.45, 2.75) is 19.1 Å². The van der Waals surface area contributed by atoms with Crippen molar-refractivity contribution in [1.29, 1.82) is 0 Å². The van der Waals surface area contributed by atoms with Gasteiger partial charge in [0.25, 0.3) is 0 Å². The van der Waals surface area contributed by atoms with Crippen LogP contribution < -0.4 is 10.2 Å². The van der Waals surface area contributed by atoms with Crippen LogP contribution in [-0.4, -0.2) is 24.7 Å².